The number of halogens is 6. The van der Waals surface area contributed by atoms with Crippen molar-refractivity contribution in [2.24, 2.45) is 0 Å². The molecule has 0 bridgehead atoms. The minimum absolute atomic E-state index is 0.203. The molecule has 0 aliphatic carbocycles. The number of hydrogen-bond donors (Lipinski definition) is 1. The summed E-state index contributed by atoms with van der Waals surface area (Å²) in [6.07, 6.45) is -4.39. The molecule has 0 amide bonds. The van der Waals surface area contributed by atoms with Crippen LogP contribution in [-0.4, -0.2) is 12.7 Å². The van der Waals surface area contributed by atoms with Gasteiger partial charge in [0.05, 0.1) is 11.6 Å². The van der Waals surface area contributed by atoms with Crippen LogP contribution in [0, 0.1) is 11.6 Å². The number of rotatable bonds is 3. The van der Waals surface area contributed by atoms with E-state index in [-0.39, 0.29) is 5.56 Å². The second-order valence-corrected chi connectivity index (χ2v) is 3.48. The van der Waals surface area contributed by atoms with Crippen LogP contribution in [0.1, 0.15) is 5.56 Å². The summed E-state index contributed by atoms with van der Waals surface area (Å²) in [4.78, 5) is 0. The minimum Gasteiger partial charge on any atom is -0.304 e. The highest BCUT2D eigenvalue weighted by atomic mass is 35.5. The smallest absolute Gasteiger partial charge is 0.304 e. The van der Waals surface area contributed by atoms with E-state index in [0.29, 0.717) is 0 Å². The molecule has 0 heterocycles. The Morgan fingerprint density at radius 3 is 2.31 bits per heavy atom. The first-order chi connectivity index (χ1) is 7.29. The van der Waals surface area contributed by atoms with Crippen LogP contribution >= 0.6 is 11.6 Å². The Balaban J connectivity index is 2.64. The summed E-state index contributed by atoms with van der Waals surface area (Å²) >= 11 is 5.28. The topological polar surface area (TPSA) is 12.0 Å². The van der Waals surface area contributed by atoms with Gasteiger partial charge in [-0.3, -0.25) is 0 Å². The van der Waals surface area contributed by atoms with Gasteiger partial charge in [-0.15, -0.1) is 0 Å². The summed E-state index contributed by atoms with van der Waals surface area (Å²) in [5, 5.41) is 1.55. The molecule has 7 heteroatoms. The van der Waals surface area contributed by atoms with Crippen molar-refractivity contribution in [2.75, 3.05) is 6.54 Å². The van der Waals surface area contributed by atoms with Gasteiger partial charge in [0, 0.05) is 12.1 Å². The van der Waals surface area contributed by atoms with E-state index in [2.05, 4.69) is 0 Å². The van der Waals surface area contributed by atoms with Crippen molar-refractivity contribution in [2.45, 2.75) is 12.7 Å². The van der Waals surface area contributed by atoms with E-state index in [4.69, 9.17) is 11.6 Å². The third-order valence-electron chi connectivity index (χ3n) is 1.73. The van der Waals surface area contributed by atoms with Crippen molar-refractivity contribution in [3.05, 3.63) is 34.4 Å². The van der Waals surface area contributed by atoms with Gasteiger partial charge in [-0.1, -0.05) is 11.6 Å². The molecule has 0 aromatic heterocycles. The van der Waals surface area contributed by atoms with E-state index in [1.54, 1.807) is 0 Å². The van der Waals surface area contributed by atoms with Gasteiger partial charge in [0.25, 0.3) is 0 Å². The van der Waals surface area contributed by atoms with E-state index in [1.165, 1.54) is 0 Å². The maximum atomic E-state index is 13.1. The van der Waals surface area contributed by atoms with E-state index in [1.807, 2.05) is 5.32 Å². The van der Waals surface area contributed by atoms with Gasteiger partial charge in [-0.05, 0) is 12.1 Å². The van der Waals surface area contributed by atoms with E-state index >= 15 is 0 Å². The van der Waals surface area contributed by atoms with E-state index in [9.17, 15) is 22.0 Å². The lowest BCUT2D eigenvalue weighted by molar-refractivity contribution is -0.125. The molecule has 90 valence electrons. The highest BCUT2D eigenvalue weighted by Crippen LogP contribution is 2.19. The van der Waals surface area contributed by atoms with Gasteiger partial charge in [-0.2, -0.15) is 13.2 Å². The first-order valence-electron chi connectivity index (χ1n) is 4.20. The third-order valence-corrected chi connectivity index (χ3v) is 2.02. The predicted octanol–water partition coefficient (Wildman–Crippen LogP) is 3.27. The number of nitrogens with one attached hydrogen (secondary N) is 1. The minimum atomic E-state index is -4.39. The predicted molar refractivity (Wildman–Crippen MR) is 49.1 cm³/mol. The normalized spacial score (nSPS) is 11.9. The van der Waals surface area contributed by atoms with Gasteiger partial charge >= 0.3 is 6.18 Å². The van der Waals surface area contributed by atoms with Crippen LogP contribution in [0.4, 0.5) is 22.0 Å². The quantitative estimate of drug-likeness (QED) is 0.649. The lowest BCUT2D eigenvalue weighted by Gasteiger charge is -2.09. The fourth-order valence-electron chi connectivity index (χ4n) is 1.04. The zero-order chi connectivity index (χ0) is 12.3. The average Bonchev–Trinajstić information content (AvgIpc) is 2.11. The second kappa shape index (κ2) is 4.97. The van der Waals surface area contributed by atoms with Gasteiger partial charge in [-0.25, -0.2) is 8.78 Å². The maximum absolute atomic E-state index is 13.1. The average molecular weight is 260 g/mol. The zero-order valence-corrected chi connectivity index (χ0v) is 8.59. The molecule has 1 rings (SSSR count). The molecule has 0 aliphatic heterocycles. The standard InChI is InChI=1S/C9H7ClF5N/c10-6-2-7(11)5(1-8(6)12)3-16-4-9(13,14)15/h1-2,16H,3-4H2. The molecular formula is C9H7ClF5N. The Kier molecular flexibility index (Phi) is 4.09. The monoisotopic (exact) mass is 259 g/mol. The molecule has 1 N–H and O–H groups in total. The van der Waals surface area contributed by atoms with Crippen LogP contribution in [0.25, 0.3) is 0 Å². The molecule has 0 spiro atoms. The van der Waals surface area contributed by atoms with E-state index in [0.717, 1.165) is 12.1 Å². The number of alkyl halides is 3. The van der Waals surface area contributed by atoms with Crippen LogP contribution in [0.15, 0.2) is 12.1 Å². The fraction of sp³-hybridized carbons (Fsp3) is 0.333. The van der Waals surface area contributed by atoms with Gasteiger partial charge in [0.15, 0.2) is 0 Å². The molecule has 0 saturated heterocycles. The summed E-state index contributed by atoms with van der Waals surface area (Å²) in [5.74, 6) is -1.71. The van der Waals surface area contributed by atoms with Crippen LogP contribution in [-0.2, 0) is 6.54 Å². The Hall–Kier alpha value is -0.880. The molecule has 1 aromatic carbocycles. The summed E-state index contributed by atoms with van der Waals surface area (Å²) in [5.41, 5.74) is -0.203. The van der Waals surface area contributed by atoms with Crippen LogP contribution in [0.5, 0.6) is 0 Å². The maximum Gasteiger partial charge on any atom is 0.401 e. The van der Waals surface area contributed by atoms with Crippen molar-refractivity contribution in [1.82, 2.24) is 5.32 Å². The summed E-state index contributed by atoms with van der Waals surface area (Å²) in [6.45, 7) is -1.68. The number of benzene rings is 1. The van der Waals surface area contributed by atoms with Crippen molar-refractivity contribution >= 4 is 11.6 Å². The molecule has 0 unspecified atom stereocenters. The van der Waals surface area contributed by atoms with Crippen molar-refractivity contribution in [1.29, 1.82) is 0 Å². The lowest BCUT2D eigenvalue weighted by atomic mass is 10.2. The molecular weight excluding hydrogens is 253 g/mol. The molecule has 0 aliphatic rings. The molecule has 0 fully saturated rings. The Morgan fingerprint density at radius 2 is 1.75 bits per heavy atom. The van der Waals surface area contributed by atoms with Crippen molar-refractivity contribution < 1.29 is 22.0 Å². The van der Waals surface area contributed by atoms with Gasteiger partial charge in [0.1, 0.15) is 11.6 Å². The van der Waals surface area contributed by atoms with Crippen LogP contribution < -0.4 is 5.32 Å². The largest absolute Gasteiger partial charge is 0.401 e. The zero-order valence-electron chi connectivity index (χ0n) is 7.84. The molecule has 0 atom stereocenters. The first-order valence-corrected chi connectivity index (χ1v) is 4.58. The van der Waals surface area contributed by atoms with Gasteiger partial charge < -0.3 is 5.32 Å². The fourth-order valence-corrected chi connectivity index (χ4v) is 1.19. The number of hydrogen-bond acceptors (Lipinski definition) is 1. The second-order valence-electron chi connectivity index (χ2n) is 3.08. The van der Waals surface area contributed by atoms with Crippen LogP contribution in [0.2, 0.25) is 5.02 Å². The Morgan fingerprint density at radius 1 is 1.12 bits per heavy atom. The van der Waals surface area contributed by atoms with E-state index < -0.39 is 35.9 Å². The molecule has 0 radical (unpaired) electrons. The highest BCUT2D eigenvalue weighted by molar-refractivity contribution is 6.30. The van der Waals surface area contributed by atoms with Crippen LogP contribution in [0.3, 0.4) is 0 Å². The third kappa shape index (κ3) is 3.94. The Bertz CT molecular complexity index is 377. The molecule has 1 aromatic rings. The molecule has 0 saturated carbocycles. The SMILES string of the molecule is Fc1cc(CNCC(F)(F)F)c(F)cc1Cl. The summed E-state index contributed by atoms with van der Waals surface area (Å²) in [6, 6.07) is 1.49. The van der Waals surface area contributed by atoms with Crippen molar-refractivity contribution in [3.63, 3.8) is 0 Å². The lowest BCUT2D eigenvalue weighted by Crippen LogP contribution is -2.28. The van der Waals surface area contributed by atoms with Crippen molar-refractivity contribution in [3.8, 4) is 0 Å². The first kappa shape index (κ1) is 13.2. The Labute approximate surface area is 93.2 Å². The summed E-state index contributed by atoms with van der Waals surface area (Å²) < 4.78 is 61.2. The summed E-state index contributed by atoms with van der Waals surface area (Å²) in [7, 11) is 0. The highest BCUT2D eigenvalue weighted by Gasteiger charge is 2.26. The van der Waals surface area contributed by atoms with Gasteiger partial charge in [0.2, 0.25) is 0 Å². The molecule has 1 nitrogen and oxygen atoms in total. The molecule has 16 heavy (non-hydrogen) atoms.